The first-order valence-electron chi connectivity index (χ1n) is 5.39. The first kappa shape index (κ1) is 12.1. The Morgan fingerprint density at radius 2 is 2.33 bits per heavy atom. The molecule has 0 aromatic carbocycles. The monoisotopic (exact) mass is 211 g/mol. The Balaban J connectivity index is 2.25. The fourth-order valence-corrected chi connectivity index (χ4v) is 1.42. The molecule has 86 valence electrons. The maximum Gasteiger partial charge on any atom is 0.0964 e. The van der Waals surface area contributed by atoms with Crippen molar-refractivity contribution < 1.29 is 0 Å². The molecule has 1 aromatic heterocycles. The molecule has 0 bridgehead atoms. The van der Waals surface area contributed by atoms with Crippen LogP contribution in [0.25, 0.3) is 0 Å². The van der Waals surface area contributed by atoms with E-state index in [1.807, 2.05) is 13.2 Å². The summed E-state index contributed by atoms with van der Waals surface area (Å²) in [5, 5.41) is 11.3. The molecule has 1 N–H and O–H groups in total. The van der Waals surface area contributed by atoms with Crippen LogP contribution in [0.1, 0.15) is 19.5 Å². The van der Waals surface area contributed by atoms with E-state index in [0.29, 0.717) is 6.04 Å². The van der Waals surface area contributed by atoms with Crippen LogP contribution in [0.15, 0.2) is 6.20 Å². The number of hydrogen-bond donors (Lipinski definition) is 1. The molecule has 0 amide bonds. The van der Waals surface area contributed by atoms with Gasteiger partial charge in [0.25, 0.3) is 0 Å². The van der Waals surface area contributed by atoms with Gasteiger partial charge in [-0.1, -0.05) is 12.1 Å². The average Bonchev–Trinajstić information content (AvgIpc) is 2.61. The highest BCUT2D eigenvalue weighted by Gasteiger charge is 2.05. The third-order valence-electron chi connectivity index (χ3n) is 2.41. The number of nitrogens with zero attached hydrogens (tertiary/aromatic N) is 4. The standard InChI is InChI=1S/C10H21N5/c1-5-14(3)7-9(2)11-6-10-8-15(4)13-12-10/h8-9,11H,5-7H2,1-4H3. The van der Waals surface area contributed by atoms with Crippen LogP contribution in [-0.2, 0) is 13.6 Å². The summed E-state index contributed by atoms with van der Waals surface area (Å²) in [6.45, 7) is 7.26. The molecule has 0 saturated heterocycles. The number of likely N-dealkylation sites (N-methyl/N-ethyl adjacent to an activating group) is 1. The summed E-state index contributed by atoms with van der Waals surface area (Å²) in [6, 6.07) is 0.469. The topological polar surface area (TPSA) is 46.0 Å². The van der Waals surface area contributed by atoms with E-state index in [-0.39, 0.29) is 0 Å². The fourth-order valence-electron chi connectivity index (χ4n) is 1.42. The van der Waals surface area contributed by atoms with Crippen molar-refractivity contribution in [1.29, 1.82) is 0 Å². The normalized spacial score (nSPS) is 13.4. The third-order valence-corrected chi connectivity index (χ3v) is 2.41. The molecule has 0 aliphatic carbocycles. The lowest BCUT2D eigenvalue weighted by molar-refractivity contribution is 0.309. The van der Waals surface area contributed by atoms with Gasteiger partial charge < -0.3 is 10.2 Å². The van der Waals surface area contributed by atoms with Crippen LogP contribution >= 0.6 is 0 Å². The van der Waals surface area contributed by atoms with Crippen molar-refractivity contribution in [2.24, 2.45) is 7.05 Å². The van der Waals surface area contributed by atoms with Gasteiger partial charge in [-0.05, 0) is 20.5 Å². The molecular weight excluding hydrogens is 190 g/mol. The van der Waals surface area contributed by atoms with Crippen LogP contribution < -0.4 is 5.32 Å². The molecule has 5 nitrogen and oxygen atoms in total. The van der Waals surface area contributed by atoms with Crippen LogP contribution in [0.2, 0.25) is 0 Å². The number of aromatic nitrogens is 3. The van der Waals surface area contributed by atoms with Crippen LogP contribution in [-0.4, -0.2) is 46.1 Å². The average molecular weight is 211 g/mol. The second-order valence-electron chi connectivity index (χ2n) is 4.02. The third kappa shape index (κ3) is 4.40. The van der Waals surface area contributed by atoms with Crippen molar-refractivity contribution in [2.45, 2.75) is 26.4 Å². The largest absolute Gasteiger partial charge is 0.307 e. The second-order valence-corrected chi connectivity index (χ2v) is 4.02. The van der Waals surface area contributed by atoms with Gasteiger partial charge in [0.15, 0.2) is 0 Å². The van der Waals surface area contributed by atoms with Crippen LogP contribution in [0.4, 0.5) is 0 Å². The Kier molecular flexibility index (Phi) is 4.71. The van der Waals surface area contributed by atoms with Crippen molar-refractivity contribution in [3.63, 3.8) is 0 Å². The molecule has 0 spiro atoms. The zero-order valence-electron chi connectivity index (χ0n) is 10.1. The lowest BCUT2D eigenvalue weighted by Gasteiger charge is -2.20. The molecule has 0 aliphatic rings. The quantitative estimate of drug-likeness (QED) is 0.732. The molecule has 0 saturated carbocycles. The minimum Gasteiger partial charge on any atom is -0.307 e. The molecule has 1 rings (SSSR count). The smallest absolute Gasteiger partial charge is 0.0964 e. The van der Waals surface area contributed by atoms with E-state index in [4.69, 9.17) is 0 Å². The summed E-state index contributed by atoms with van der Waals surface area (Å²) in [4.78, 5) is 2.29. The van der Waals surface area contributed by atoms with Crippen LogP contribution in [0, 0.1) is 0 Å². The number of aryl methyl sites for hydroxylation is 1. The van der Waals surface area contributed by atoms with Crippen molar-refractivity contribution >= 4 is 0 Å². The van der Waals surface area contributed by atoms with Gasteiger partial charge in [-0.25, -0.2) is 0 Å². The Morgan fingerprint density at radius 1 is 1.60 bits per heavy atom. The van der Waals surface area contributed by atoms with Gasteiger partial charge in [-0.2, -0.15) is 0 Å². The van der Waals surface area contributed by atoms with E-state index in [9.17, 15) is 0 Å². The first-order chi connectivity index (χ1) is 7.11. The lowest BCUT2D eigenvalue weighted by atomic mass is 10.3. The molecule has 1 aromatic rings. The summed E-state index contributed by atoms with van der Waals surface area (Å²) in [5.41, 5.74) is 0.989. The summed E-state index contributed by atoms with van der Waals surface area (Å²) >= 11 is 0. The van der Waals surface area contributed by atoms with Gasteiger partial charge in [-0.3, -0.25) is 4.68 Å². The molecule has 1 unspecified atom stereocenters. The van der Waals surface area contributed by atoms with E-state index in [2.05, 4.69) is 41.4 Å². The van der Waals surface area contributed by atoms with E-state index in [1.54, 1.807) is 4.68 Å². The van der Waals surface area contributed by atoms with E-state index in [1.165, 1.54) is 0 Å². The van der Waals surface area contributed by atoms with Crippen molar-refractivity contribution in [3.8, 4) is 0 Å². The maximum atomic E-state index is 4.02. The minimum atomic E-state index is 0.469. The zero-order valence-corrected chi connectivity index (χ0v) is 10.1. The molecule has 15 heavy (non-hydrogen) atoms. The van der Waals surface area contributed by atoms with Gasteiger partial charge in [0.2, 0.25) is 0 Å². The zero-order chi connectivity index (χ0) is 11.3. The molecule has 0 aliphatic heterocycles. The summed E-state index contributed by atoms with van der Waals surface area (Å²) in [6.07, 6.45) is 1.93. The Bertz CT molecular complexity index is 283. The number of nitrogens with one attached hydrogen (secondary N) is 1. The minimum absolute atomic E-state index is 0.469. The summed E-state index contributed by atoms with van der Waals surface area (Å²) in [7, 11) is 4.01. The maximum absolute atomic E-state index is 4.02. The predicted octanol–water partition coefficient (Wildman–Crippen LogP) is 0.245. The highest BCUT2D eigenvalue weighted by Crippen LogP contribution is 1.93. The van der Waals surface area contributed by atoms with Gasteiger partial charge in [0.1, 0.15) is 0 Å². The van der Waals surface area contributed by atoms with Crippen LogP contribution in [0.3, 0.4) is 0 Å². The summed E-state index contributed by atoms with van der Waals surface area (Å²) < 4.78 is 1.72. The lowest BCUT2D eigenvalue weighted by Crippen LogP contribution is -2.37. The van der Waals surface area contributed by atoms with E-state index in [0.717, 1.165) is 25.3 Å². The summed E-state index contributed by atoms with van der Waals surface area (Å²) in [5.74, 6) is 0. The SMILES string of the molecule is CCN(C)CC(C)NCc1cn(C)nn1. The van der Waals surface area contributed by atoms with E-state index >= 15 is 0 Å². The number of rotatable bonds is 6. The Morgan fingerprint density at radius 3 is 2.87 bits per heavy atom. The molecule has 5 heteroatoms. The fraction of sp³-hybridized carbons (Fsp3) is 0.800. The van der Waals surface area contributed by atoms with Gasteiger partial charge >= 0.3 is 0 Å². The van der Waals surface area contributed by atoms with E-state index < -0.39 is 0 Å². The molecule has 0 fully saturated rings. The second kappa shape index (κ2) is 5.82. The van der Waals surface area contributed by atoms with Crippen molar-refractivity contribution in [2.75, 3.05) is 20.1 Å². The highest BCUT2D eigenvalue weighted by atomic mass is 15.4. The van der Waals surface area contributed by atoms with Gasteiger partial charge in [-0.15, -0.1) is 5.10 Å². The first-order valence-corrected chi connectivity index (χ1v) is 5.39. The number of hydrogen-bond acceptors (Lipinski definition) is 4. The molecule has 1 atom stereocenters. The molecule has 1 heterocycles. The molecular formula is C10H21N5. The van der Waals surface area contributed by atoms with Crippen molar-refractivity contribution in [1.82, 2.24) is 25.2 Å². The Hall–Kier alpha value is -0.940. The van der Waals surface area contributed by atoms with Crippen LogP contribution in [0.5, 0.6) is 0 Å². The van der Waals surface area contributed by atoms with Gasteiger partial charge in [0, 0.05) is 32.4 Å². The van der Waals surface area contributed by atoms with Gasteiger partial charge in [0.05, 0.1) is 5.69 Å². The van der Waals surface area contributed by atoms with Crippen molar-refractivity contribution in [3.05, 3.63) is 11.9 Å². The Labute approximate surface area is 91.5 Å². The predicted molar refractivity (Wildman–Crippen MR) is 60.5 cm³/mol. The highest BCUT2D eigenvalue weighted by molar-refractivity contribution is 4.91. The molecule has 0 radical (unpaired) electrons.